The zero-order valence-corrected chi connectivity index (χ0v) is 12.0. The first-order valence-electron chi connectivity index (χ1n) is 7.19. The van der Waals surface area contributed by atoms with Crippen LogP contribution >= 0.6 is 0 Å². The number of rotatable bonds is 6. The van der Waals surface area contributed by atoms with Gasteiger partial charge in [0.1, 0.15) is 5.75 Å². The summed E-state index contributed by atoms with van der Waals surface area (Å²) in [6.45, 7) is 4.45. The van der Waals surface area contributed by atoms with Crippen LogP contribution in [0.4, 0.5) is 11.4 Å². The first-order chi connectivity index (χ1) is 9.61. The Hall–Kier alpha value is -1.46. The number of hydrogen-bond donors (Lipinski definition) is 3. The van der Waals surface area contributed by atoms with Gasteiger partial charge in [0.2, 0.25) is 0 Å². The number of aliphatic hydroxyl groups is 1. The number of ether oxygens (including phenoxy) is 2. The lowest BCUT2D eigenvalue weighted by Crippen LogP contribution is -2.42. The van der Waals surface area contributed by atoms with Crippen molar-refractivity contribution in [2.45, 2.75) is 31.8 Å². The number of nitrogens with two attached hydrogens (primary N) is 1. The second kappa shape index (κ2) is 6.81. The molecule has 1 fully saturated rings. The second-order valence-corrected chi connectivity index (χ2v) is 5.33. The predicted octanol–water partition coefficient (Wildman–Crippen LogP) is 2.01. The highest BCUT2D eigenvalue weighted by molar-refractivity contribution is 5.59. The van der Waals surface area contributed by atoms with Gasteiger partial charge in [-0.15, -0.1) is 0 Å². The van der Waals surface area contributed by atoms with Gasteiger partial charge in [-0.25, -0.2) is 0 Å². The van der Waals surface area contributed by atoms with Gasteiger partial charge in [-0.3, -0.25) is 0 Å². The van der Waals surface area contributed by atoms with Gasteiger partial charge < -0.3 is 25.6 Å². The van der Waals surface area contributed by atoms with E-state index in [4.69, 9.17) is 15.2 Å². The van der Waals surface area contributed by atoms with E-state index in [1.165, 1.54) is 0 Å². The molecule has 0 spiro atoms. The molecule has 1 aromatic rings. The van der Waals surface area contributed by atoms with Crippen molar-refractivity contribution in [3.63, 3.8) is 0 Å². The fourth-order valence-corrected chi connectivity index (χ4v) is 2.22. The van der Waals surface area contributed by atoms with Gasteiger partial charge in [0.15, 0.2) is 0 Å². The quantitative estimate of drug-likeness (QED) is 0.695. The summed E-state index contributed by atoms with van der Waals surface area (Å²) in [5, 5.41) is 13.7. The van der Waals surface area contributed by atoms with Crippen LogP contribution in [0.25, 0.3) is 0 Å². The molecule has 0 aliphatic carbocycles. The van der Waals surface area contributed by atoms with E-state index < -0.39 is 5.60 Å². The highest BCUT2D eigenvalue weighted by Crippen LogP contribution is 2.25. The highest BCUT2D eigenvalue weighted by atomic mass is 16.5. The van der Waals surface area contributed by atoms with E-state index >= 15 is 0 Å². The standard InChI is InChI=1S/C15H24N2O3/c1-2-5-20-14-9-12(16)8-13(10-14)17-11-15(18)3-6-19-7-4-15/h8-10,17-18H,2-7,11,16H2,1H3. The summed E-state index contributed by atoms with van der Waals surface area (Å²) >= 11 is 0. The fraction of sp³-hybridized carbons (Fsp3) is 0.600. The van der Waals surface area contributed by atoms with Crippen molar-refractivity contribution in [1.82, 2.24) is 0 Å². The van der Waals surface area contributed by atoms with Crippen molar-refractivity contribution in [2.24, 2.45) is 0 Å². The van der Waals surface area contributed by atoms with E-state index in [1.54, 1.807) is 0 Å². The first kappa shape index (κ1) is 14.9. The Kier molecular flexibility index (Phi) is 5.09. The molecule has 0 amide bonds. The van der Waals surface area contributed by atoms with Crippen molar-refractivity contribution in [1.29, 1.82) is 0 Å². The van der Waals surface area contributed by atoms with Crippen LogP contribution in [0.5, 0.6) is 5.75 Å². The Morgan fingerprint density at radius 3 is 2.80 bits per heavy atom. The van der Waals surface area contributed by atoms with Crippen molar-refractivity contribution >= 4 is 11.4 Å². The third-order valence-electron chi connectivity index (χ3n) is 3.45. The summed E-state index contributed by atoms with van der Waals surface area (Å²) in [4.78, 5) is 0. The molecule has 0 atom stereocenters. The van der Waals surface area contributed by atoms with Gasteiger partial charge in [-0.1, -0.05) is 6.92 Å². The molecule has 1 aliphatic heterocycles. The van der Waals surface area contributed by atoms with Crippen LogP contribution in [0, 0.1) is 0 Å². The maximum Gasteiger partial charge on any atom is 0.123 e. The molecule has 0 radical (unpaired) electrons. The highest BCUT2D eigenvalue weighted by Gasteiger charge is 2.29. The largest absolute Gasteiger partial charge is 0.493 e. The van der Waals surface area contributed by atoms with Gasteiger partial charge in [0.25, 0.3) is 0 Å². The molecule has 5 nitrogen and oxygen atoms in total. The lowest BCUT2D eigenvalue weighted by Gasteiger charge is -2.32. The van der Waals surface area contributed by atoms with E-state index in [1.807, 2.05) is 18.2 Å². The lowest BCUT2D eigenvalue weighted by molar-refractivity contribution is -0.0543. The topological polar surface area (TPSA) is 76.7 Å². The molecule has 1 aliphatic rings. The summed E-state index contributed by atoms with van der Waals surface area (Å²) in [5.41, 5.74) is 6.69. The number of anilines is 2. The van der Waals surface area contributed by atoms with E-state index in [2.05, 4.69) is 12.2 Å². The zero-order chi connectivity index (χ0) is 14.4. The average Bonchev–Trinajstić information content (AvgIpc) is 2.43. The SMILES string of the molecule is CCCOc1cc(N)cc(NCC2(O)CCOCC2)c1. The summed E-state index contributed by atoms with van der Waals surface area (Å²) < 4.78 is 10.9. The predicted molar refractivity (Wildman–Crippen MR) is 80.1 cm³/mol. The van der Waals surface area contributed by atoms with Crippen LogP contribution in [0.15, 0.2) is 18.2 Å². The normalized spacial score (nSPS) is 17.7. The Balaban J connectivity index is 1.96. The molecular weight excluding hydrogens is 256 g/mol. The van der Waals surface area contributed by atoms with Gasteiger partial charge in [0, 0.05) is 56.1 Å². The maximum atomic E-state index is 10.4. The fourth-order valence-electron chi connectivity index (χ4n) is 2.22. The van der Waals surface area contributed by atoms with E-state index in [0.29, 0.717) is 44.9 Å². The van der Waals surface area contributed by atoms with E-state index in [9.17, 15) is 5.11 Å². The van der Waals surface area contributed by atoms with Crippen molar-refractivity contribution < 1.29 is 14.6 Å². The first-order valence-corrected chi connectivity index (χ1v) is 7.19. The molecule has 2 rings (SSSR count). The molecule has 0 unspecified atom stereocenters. The molecule has 0 saturated carbocycles. The minimum Gasteiger partial charge on any atom is -0.493 e. The van der Waals surface area contributed by atoms with Crippen LogP contribution in [0.3, 0.4) is 0 Å². The van der Waals surface area contributed by atoms with Gasteiger partial charge in [-0.05, 0) is 12.5 Å². The zero-order valence-electron chi connectivity index (χ0n) is 12.0. The average molecular weight is 280 g/mol. The Morgan fingerprint density at radius 2 is 2.10 bits per heavy atom. The molecule has 112 valence electrons. The van der Waals surface area contributed by atoms with E-state index in [-0.39, 0.29) is 0 Å². The molecule has 1 heterocycles. The summed E-state index contributed by atoms with van der Waals surface area (Å²) in [6.07, 6.45) is 2.26. The minimum absolute atomic E-state index is 0.493. The number of nitrogen functional groups attached to an aromatic ring is 1. The number of nitrogens with one attached hydrogen (secondary N) is 1. The molecule has 4 N–H and O–H groups in total. The molecule has 1 saturated heterocycles. The Labute approximate surface area is 120 Å². The summed E-state index contributed by atoms with van der Waals surface area (Å²) in [5.74, 6) is 0.758. The molecule has 0 aromatic heterocycles. The van der Waals surface area contributed by atoms with Crippen LogP contribution in [-0.4, -0.2) is 37.1 Å². The van der Waals surface area contributed by atoms with Crippen molar-refractivity contribution in [3.05, 3.63) is 18.2 Å². The van der Waals surface area contributed by atoms with Crippen molar-refractivity contribution in [3.8, 4) is 5.75 Å². The smallest absolute Gasteiger partial charge is 0.123 e. The molecule has 5 heteroatoms. The van der Waals surface area contributed by atoms with Crippen molar-refractivity contribution in [2.75, 3.05) is 37.4 Å². The van der Waals surface area contributed by atoms with Crippen LogP contribution in [0.1, 0.15) is 26.2 Å². The maximum absolute atomic E-state index is 10.4. The Morgan fingerprint density at radius 1 is 1.35 bits per heavy atom. The molecule has 0 bridgehead atoms. The van der Waals surface area contributed by atoms with Crippen LogP contribution < -0.4 is 15.8 Å². The molecule has 20 heavy (non-hydrogen) atoms. The van der Waals surface area contributed by atoms with Gasteiger partial charge in [0.05, 0.1) is 12.2 Å². The monoisotopic (exact) mass is 280 g/mol. The molecular formula is C15H24N2O3. The van der Waals surface area contributed by atoms with Crippen LogP contribution in [0.2, 0.25) is 0 Å². The van der Waals surface area contributed by atoms with Crippen LogP contribution in [-0.2, 0) is 4.74 Å². The second-order valence-electron chi connectivity index (χ2n) is 5.33. The number of benzene rings is 1. The minimum atomic E-state index is -0.701. The third-order valence-corrected chi connectivity index (χ3v) is 3.45. The van der Waals surface area contributed by atoms with Gasteiger partial charge >= 0.3 is 0 Å². The third kappa shape index (κ3) is 4.28. The summed E-state index contributed by atoms with van der Waals surface area (Å²) in [7, 11) is 0. The van der Waals surface area contributed by atoms with E-state index in [0.717, 1.165) is 17.9 Å². The summed E-state index contributed by atoms with van der Waals surface area (Å²) in [6, 6.07) is 5.57. The molecule has 1 aromatic carbocycles. The lowest BCUT2D eigenvalue weighted by atomic mass is 9.94. The number of hydrogen-bond acceptors (Lipinski definition) is 5. The van der Waals surface area contributed by atoms with Gasteiger partial charge in [-0.2, -0.15) is 0 Å². The Bertz CT molecular complexity index is 431.